The first-order chi connectivity index (χ1) is 7.61. The molecule has 0 saturated heterocycles. The lowest BCUT2D eigenvalue weighted by Crippen LogP contribution is -2.00. The molecule has 0 aliphatic heterocycles. The summed E-state index contributed by atoms with van der Waals surface area (Å²) in [5.41, 5.74) is 1.59. The van der Waals surface area contributed by atoms with Crippen LogP contribution in [-0.2, 0) is 4.79 Å². The van der Waals surface area contributed by atoms with Gasteiger partial charge in [0.2, 0.25) is 0 Å². The molecule has 0 unspecified atom stereocenters. The lowest BCUT2D eigenvalue weighted by Gasteiger charge is -2.03. The van der Waals surface area contributed by atoms with Crippen molar-refractivity contribution in [3.63, 3.8) is 0 Å². The van der Waals surface area contributed by atoms with E-state index < -0.39 is 0 Å². The maximum absolute atomic E-state index is 10.9. The average Bonchev–Trinajstić information content (AvgIpc) is 2.60. The smallest absolute Gasteiger partial charge is 0.308 e. The third kappa shape index (κ3) is 1.74. The maximum Gasteiger partial charge on any atom is 0.308 e. The molecule has 4 nitrogen and oxygen atoms in total. The zero-order valence-corrected chi connectivity index (χ0v) is 9.37. The summed E-state index contributed by atoms with van der Waals surface area (Å²) in [5.74, 6) is 0.800. The van der Waals surface area contributed by atoms with Crippen LogP contribution in [0.25, 0.3) is 11.0 Å². The molecule has 84 valence electrons. The van der Waals surface area contributed by atoms with E-state index >= 15 is 0 Å². The first kappa shape index (κ1) is 10.5. The molecular formula is C12H12O4. The van der Waals surface area contributed by atoms with E-state index in [1.54, 1.807) is 13.2 Å². The SMILES string of the molecule is COc1cc(C)c2c(OC(C)=O)coc2c1. The van der Waals surface area contributed by atoms with E-state index in [0.717, 1.165) is 10.9 Å². The number of fused-ring (bicyclic) bond motifs is 1. The highest BCUT2D eigenvalue weighted by molar-refractivity contribution is 5.90. The minimum Gasteiger partial charge on any atom is -0.497 e. The summed E-state index contributed by atoms with van der Waals surface area (Å²) in [6, 6.07) is 3.63. The van der Waals surface area contributed by atoms with E-state index in [0.29, 0.717) is 17.1 Å². The molecule has 2 rings (SSSR count). The Morgan fingerprint density at radius 1 is 1.38 bits per heavy atom. The molecule has 0 aliphatic carbocycles. The fourth-order valence-corrected chi connectivity index (χ4v) is 1.66. The Morgan fingerprint density at radius 2 is 2.12 bits per heavy atom. The van der Waals surface area contributed by atoms with E-state index in [-0.39, 0.29) is 5.97 Å². The summed E-state index contributed by atoms with van der Waals surface area (Å²) in [7, 11) is 1.59. The predicted molar refractivity (Wildman–Crippen MR) is 58.8 cm³/mol. The molecule has 4 heteroatoms. The molecule has 0 radical (unpaired) electrons. The van der Waals surface area contributed by atoms with Crippen molar-refractivity contribution in [2.45, 2.75) is 13.8 Å². The summed E-state index contributed by atoms with van der Waals surface area (Å²) >= 11 is 0. The van der Waals surface area contributed by atoms with Crippen molar-refractivity contribution >= 4 is 16.9 Å². The van der Waals surface area contributed by atoms with Crippen molar-refractivity contribution in [3.8, 4) is 11.5 Å². The summed E-state index contributed by atoms with van der Waals surface area (Å²) in [4.78, 5) is 10.9. The Hall–Kier alpha value is -1.97. The number of hydrogen-bond donors (Lipinski definition) is 0. The Kier molecular flexibility index (Phi) is 2.56. The molecule has 2 aromatic rings. The molecule has 0 N–H and O–H groups in total. The van der Waals surface area contributed by atoms with Gasteiger partial charge in [0, 0.05) is 13.0 Å². The molecule has 0 aliphatic rings. The van der Waals surface area contributed by atoms with Gasteiger partial charge in [-0.3, -0.25) is 4.79 Å². The van der Waals surface area contributed by atoms with Crippen LogP contribution < -0.4 is 9.47 Å². The summed E-state index contributed by atoms with van der Waals surface area (Å²) in [6.07, 6.45) is 1.43. The second kappa shape index (κ2) is 3.89. The summed E-state index contributed by atoms with van der Waals surface area (Å²) in [5, 5.41) is 0.802. The number of benzene rings is 1. The zero-order chi connectivity index (χ0) is 11.7. The zero-order valence-electron chi connectivity index (χ0n) is 9.37. The third-order valence-corrected chi connectivity index (χ3v) is 2.30. The van der Waals surface area contributed by atoms with Gasteiger partial charge in [0.05, 0.1) is 12.5 Å². The van der Waals surface area contributed by atoms with Gasteiger partial charge in [0.25, 0.3) is 0 Å². The number of carbonyl (C=O) groups excluding carboxylic acids is 1. The van der Waals surface area contributed by atoms with Crippen LogP contribution in [0.4, 0.5) is 0 Å². The number of carbonyl (C=O) groups is 1. The van der Waals surface area contributed by atoms with Gasteiger partial charge in [0.1, 0.15) is 17.6 Å². The molecule has 1 aromatic carbocycles. The van der Waals surface area contributed by atoms with E-state index in [4.69, 9.17) is 13.9 Å². The van der Waals surface area contributed by atoms with E-state index in [1.165, 1.54) is 13.2 Å². The fraction of sp³-hybridized carbons (Fsp3) is 0.250. The van der Waals surface area contributed by atoms with Gasteiger partial charge in [-0.25, -0.2) is 0 Å². The van der Waals surface area contributed by atoms with Crippen LogP contribution in [0.15, 0.2) is 22.8 Å². The molecule has 0 atom stereocenters. The van der Waals surface area contributed by atoms with Crippen LogP contribution in [0.5, 0.6) is 11.5 Å². The average molecular weight is 220 g/mol. The molecule has 0 bridgehead atoms. The van der Waals surface area contributed by atoms with Crippen LogP contribution in [-0.4, -0.2) is 13.1 Å². The van der Waals surface area contributed by atoms with Crippen molar-refractivity contribution in [3.05, 3.63) is 24.0 Å². The fourth-order valence-electron chi connectivity index (χ4n) is 1.66. The highest BCUT2D eigenvalue weighted by atomic mass is 16.5. The minimum atomic E-state index is -0.363. The largest absolute Gasteiger partial charge is 0.497 e. The molecule has 0 saturated carbocycles. The molecular weight excluding hydrogens is 208 g/mol. The van der Waals surface area contributed by atoms with Crippen LogP contribution in [0, 0.1) is 6.92 Å². The molecule has 16 heavy (non-hydrogen) atoms. The van der Waals surface area contributed by atoms with E-state index in [9.17, 15) is 4.79 Å². The van der Waals surface area contributed by atoms with Gasteiger partial charge in [-0.1, -0.05) is 0 Å². The molecule has 1 heterocycles. The highest BCUT2D eigenvalue weighted by Crippen LogP contribution is 2.34. The lowest BCUT2D eigenvalue weighted by molar-refractivity contribution is -0.131. The van der Waals surface area contributed by atoms with Crippen molar-refractivity contribution in [2.24, 2.45) is 0 Å². The lowest BCUT2D eigenvalue weighted by atomic mass is 10.1. The predicted octanol–water partition coefficient (Wildman–Crippen LogP) is 2.68. The van der Waals surface area contributed by atoms with Crippen molar-refractivity contribution in [1.29, 1.82) is 0 Å². The second-order valence-corrected chi connectivity index (χ2v) is 3.51. The normalized spacial score (nSPS) is 10.4. The Labute approximate surface area is 92.8 Å². The highest BCUT2D eigenvalue weighted by Gasteiger charge is 2.13. The van der Waals surface area contributed by atoms with Gasteiger partial charge in [-0.2, -0.15) is 0 Å². The quantitative estimate of drug-likeness (QED) is 0.730. The maximum atomic E-state index is 10.9. The van der Waals surface area contributed by atoms with E-state index in [2.05, 4.69) is 0 Å². The first-order valence-electron chi connectivity index (χ1n) is 4.86. The number of aryl methyl sites for hydroxylation is 1. The number of methoxy groups -OCH3 is 1. The van der Waals surface area contributed by atoms with Crippen molar-refractivity contribution in [1.82, 2.24) is 0 Å². The Balaban J connectivity index is 2.59. The molecule has 0 amide bonds. The van der Waals surface area contributed by atoms with Gasteiger partial charge in [0.15, 0.2) is 5.75 Å². The van der Waals surface area contributed by atoms with Crippen LogP contribution >= 0.6 is 0 Å². The van der Waals surface area contributed by atoms with Crippen LogP contribution in [0.1, 0.15) is 12.5 Å². The molecule has 0 spiro atoms. The minimum absolute atomic E-state index is 0.363. The van der Waals surface area contributed by atoms with Crippen LogP contribution in [0.3, 0.4) is 0 Å². The standard InChI is InChI=1S/C12H12O4/c1-7-4-9(14-3)5-10-12(7)11(6-15-10)16-8(2)13/h4-6H,1-3H3. The third-order valence-electron chi connectivity index (χ3n) is 2.30. The number of ether oxygens (including phenoxy) is 2. The Morgan fingerprint density at radius 3 is 2.75 bits per heavy atom. The van der Waals surface area contributed by atoms with Crippen molar-refractivity contribution in [2.75, 3.05) is 7.11 Å². The monoisotopic (exact) mass is 220 g/mol. The topological polar surface area (TPSA) is 48.7 Å². The van der Waals surface area contributed by atoms with Gasteiger partial charge < -0.3 is 13.9 Å². The van der Waals surface area contributed by atoms with Crippen molar-refractivity contribution < 1.29 is 18.7 Å². The van der Waals surface area contributed by atoms with Gasteiger partial charge in [-0.15, -0.1) is 0 Å². The van der Waals surface area contributed by atoms with Gasteiger partial charge >= 0.3 is 5.97 Å². The summed E-state index contributed by atoms with van der Waals surface area (Å²) in [6.45, 7) is 3.27. The number of esters is 1. The van der Waals surface area contributed by atoms with E-state index in [1.807, 2.05) is 13.0 Å². The number of furan rings is 1. The molecule has 1 aromatic heterocycles. The molecule has 0 fully saturated rings. The second-order valence-electron chi connectivity index (χ2n) is 3.51. The van der Waals surface area contributed by atoms with Gasteiger partial charge in [-0.05, 0) is 18.6 Å². The van der Waals surface area contributed by atoms with Crippen LogP contribution in [0.2, 0.25) is 0 Å². The first-order valence-corrected chi connectivity index (χ1v) is 4.86. The summed E-state index contributed by atoms with van der Waals surface area (Å²) < 4.78 is 15.5. The Bertz CT molecular complexity index is 539. The number of rotatable bonds is 2. The number of hydrogen-bond acceptors (Lipinski definition) is 4.